The summed E-state index contributed by atoms with van der Waals surface area (Å²) in [6.45, 7) is 1.96. The summed E-state index contributed by atoms with van der Waals surface area (Å²) in [5.74, 6) is 0.271. The molecular weight excluding hydrogens is 278 g/mol. The topological polar surface area (TPSA) is 46.2 Å². The normalized spacial score (nSPS) is 12.4. The number of rotatable bonds is 2. The zero-order valence-corrected chi connectivity index (χ0v) is 11.1. The van der Waals surface area contributed by atoms with Crippen LogP contribution in [0.4, 0.5) is 0 Å². The fourth-order valence-corrected chi connectivity index (χ4v) is 2.16. The lowest BCUT2D eigenvalue weighted by atomic mass is 10.0. The van der Waals surface area contributed by atoms with Crippen LogP contribution in [-0.2, 0) is 0 Å². The van der Waals surface area contributed by atoms with Crippen molar-refractivity contribution in [1.29, 1.82) is 0 Å². The first-order chi connectivity index (χ1) is 8.08. The summed E-state index contributed by atoms with van der Waals surface area (Å²) in [4.78, 5) is 0. The maximum Gasteiger partial charge on any atom is 0.115 e. The molecular formula is C14H14BrNO. The first kappa shape index (κ1) is 12.1. The lowest BCUT2D eigenvalue weighted by Gasteiger charge is -2.10. The summed E-state index contributed by atoms with van der Waals surface area (Å²) in [5.41, 5.74) is 9.11. The summed E-state index contributed by atoms with van der Waals surface area (Å²) >= 11 is 3.53. The van der Waals surface area contributed by atoms with E-state index >= 15 is 0 Å². The van der Waals surface area contributed by atoms with Gasteiger partial charge in [-0.2, -0.15) is 0 Å². The Morgan fingerprint density at radius 3 is 2.35 bits per heavy atom. The lowest BCUT2D eigenvalue weighted by molar-refractivity contribution is 0.475. The Hall–Kier alpha value is -1.32. The van der Waals surface area contributed by atoms with E-state index in [0.717, 1.165) is 21.2 Å². The van der Waals surface area contributed by atoms with Crippen LogP contribution < -0.4 is 5.73 Å². The fraction of sp³-hybridized carbons (Fsp3) is 0.143. The minimum atomic E-state index is 0.0129. The highest BCUT2D eigenvalue weighted by Gasteiger charge is 2.06. The second kappa shape index (κ2) is 4.90. The highest BCUT2D eigenvalue weighted by Crippen LogP contribution is 2.31. The smallest absolute Gasteiger partial charge is 0.115 e. The minimum absolute atomic E-state index is 0.0129. The van der Waals surface area contributed by atoms with E-state index in [1.165, 1.54) is 0 Å². The predicted molar refractivity (Wildman–Crippen MR) is 73.8 cm³/mol. The molecule has 0 saturated heterocycles. The molecule has 1 atom stereocenters. The molecule has 3 heteroatoms. The first-order valence-electron chi connectivity index (χ1n) is 5.42. The highest BCUT2D eigenvalue weighted by atomic mass is 79.9. The Bertz CT molecular complexity index is 520. The van der Waals surface area contributed by atoms with Gasteiger partial charge < -0.3 is 10.8 Å². The van der Waals surface area contributed by atoms with Crippen LogP contribution in [0.25, 0.3) is 11.1 Å². The quantitative estimate of drug-likeness (QED) is 0.883. The van der Waals surface area contributed by atoms with Gasteiger partial charge >= 0.3 is 0 Å². The van der Waals surface area contributed by atoms with Gasteiger partial charge in [0.05, 0.1) is 0 Å². The summed E-state index contributed by atoms with van der Waals surface area (Å²) in [6.07, 6.45) is 0. The van der Waals surface area contributed by atoms with Crippen LogP contribution in [0.15, 0.2) is 46.9 Å². The molecule has 2 aromatic rings. The van der Waals surface area contributed by atoms with Crippen LogP contribution in [0.5, 0.6) is 5.75 Å². The van der Waals surface area contributed by atoms with Crippen molar-refractivity contribution >= 4 is 15.9 Å². The standard InChI is InChI=1S/C14H14BrNO/c1-9(16)11-4-7-14(15)13(8-11)10-2-5-12(17)6-3-10/h2-9,17H,16H2,1H3. The zero-order chi connectivity index (χ0) is 12.4. The van der Waals surface area contributed by atoms with Crippen molar-refractivity contribution in [2.45, 2.75) is 13.0 Å². The maximum atomic E-state index is 9.28. The van der Waals surface area contributed by atoms with Gasteiger partial charge in [0.15, 0.2) is 0 Å². The van der Waals surface area contributed by atoms with Crippen molar-refractivity contribution in [2.24, 2.45) is 5.73 Å². The number of aromatic hydroxyl groups is 1. The average Bonchev–Trinajstić information content (AvgIpc) is 2.31. The Kier molecular flexibility index (Phi) is 3.50. The van der Waals surface area contributed by atoms with Crippen LogP contribution in [0.1, 0.15) is 18.5 Å². The van der Waals surface area contributed by atoms with Gasteiger partial charge in [0.25, 0.3) is 0 Å². The molecule has 1 unspecified atom stereocenters. The molecule has 0 aliphatic rings. The molecule has 0 heterocycles. The molecule has 0 radical (unpaired) electrons. The van der Waals surface area contributed by atoms with Gasteiger partial charge in [-0.05, 0) is 47.9 Å². The lowest BCUT2D eigenvalue weighted by Crippen LogP contribution is -2.04. The van der Waals surface area contributed by atoms with Crippen molar-refractivity contribution < 1.29 is 5.11 Å². The van der Waals surface area contributed by atoms with E-state index in [1.807, 2.05) is 31.2 Å². The molecule has 0 aliphatic heterocycles. The number of phenols is 1. The van der Waals surface area contributed by atoms with Gasteiger partial charge in [-0.25, -0.2) is 0 Å². The van der Waals surface area contributed by atoms with Gasteiger partial charge in [-0.15, -0.1) is 0 Å². The fourth-order valence-electron chi connectivity index (χ4n) is 1.69. The molecule has 0 amide bonds. The van der Waals surface area contributed by atoms with E-state index < -0.39 is 0 Å². The molecule has 2 nitrogen and oxygen atoms in total. The molecule has 3 N–H and O–H groups in total. The van der Waals surface area contributed by atoms with Crippen LogP contribution in [0.3, 0.4) is 0 Å². The predicted octanol–water partition coefficient (Wildman–Crippen LogP) is 3.84. The number of hydrogen-bond acceptors (Lipinski definition) is 2. The third-order valence-corrected chi connectivity index (χ3v) is 3.39. The van der Waals surface area contributed by atoms with Crippen LogP contribution in [-0.4, -0.2) is 5.11 Å². The van der Waals surface area contributed by atoms with E-state index in [2.05, 4.69) is 22.0 Å². The number of nitrogens with two attached hydrogens (primary N) is 1. The minimum Gasteiger partial charge on any atom is -0.508 e. The number of phenolic OH excluding ortho intramolecular Hbond substituents is 1. The van der Waals surface area contributed by atoms with E-state index in [4.69, 9.17) is 5.73 Å². The zero-order valence-electron chi connectivity index (χ0n) is 9.52. The highest BCUT2D eigenvalue weighted by molar-refractivity contribution is 9.10. The second-order valence-electron chi connectivity index (χ2n) is 4.07. The largest absolute Gasteiger partial charge is 0.508 e. The molecule has 2 rings (SSSR count). The van der Waals surface area contributed by atoms with Crippen molar-refractivity contribution in [3.8, 4) is 16.9 Å². The molecule has 0 spiro atoms. The summed E-state index contributed by atoms with van der Waals surface area (Å²) < 4.78 is 1.02. The van der Waals surface area contributed by atoms with Gasteiger partial charge in [0.2, 0.25) is 0 Å². The van der Waals surface area contributed by atoms with Gasteiger partial charge in [0, 0.05) is 10.5 Å². The van der Waals surface area contributed by atoms with Crippen LogP contribution in [0, 0.1) is 0 Å². The molecule has 0 aromatic heterocycles. The Labute approximate surface area is 109 Å². The molecule has 0 fully saturated rings. The molecule has 0 saturated carbocycles. The molecule has 0 bridgehead atoms. The second-order valence-corrected chi connectivity index (χ2v) is 4.93. The number of hydrogen-bond donors (Lipinski definition) is 2. The molecule has 0 aliphatic carbocycles. The van der Waals surface area contributed by atoms with E-state index in [0.29, 0.717) is 0 Å². The third-order valence-electron chi connectivity index (χ3n) is 2.69. The molecule has 17 heavy (non-hydrogen) atoms. The van der Waals surface area contributed by atoms with Crippen molar-refractivity contribution in [2.75, 3.05) is 0 Å². The van der Waals surface area contributed by atoms with Crippen molar-refractivity contribution in [3.63, 3.8) is 0 Å². The van der Waals surface area contributed by atoms with Gasteiger partial charge in [-0.3, -0.25) is 0 Å². The van der Waals surface area contributed by atoms with Gasteiger partial charge in [-0.1, -0.05) is 34.1 Å². The number of benzene rings is 2. The summed E-state index contributed by atoms with van der Waals surface area (Å²) in [5, 5.41) is 9.28. The summed E-state index contributed by atoms with van der Waals surface area (Å²) in [7, 11) is 0. The SMILES string of the molecule is CC(N)c1ccc(Br)c(-c2ccc(O)cc2)c1. The third kappa shape index (κ3) is 2.68. The average molecular weight is 292 g/mol. The maximum absolute atomic E-state index is 9.28. The van der Waals surface area contributed by atoms with Crippen LogP contribution >= 0.6 is 15.9 Å². The Morgan fingerprint density at radius 1 is 1.12 bits per heavy atom. The Morgan fingerprint density at radius 2 is 1.76 bits per heavy atom. The monoisotopic (exact) mass is 291 g/mol. The van der Waals surface area contributed by atoms with Crippen molar-refractivity contribution in [1.82, 2.24) is 0 Å². The Balaban J connectivity index is 2.50. The van der Waals surface area contributed by atoms with E-state index in [9.17, 15) is 5.11 Å². The van der Waals surface area contributed by atoms with Crippen LogP contribution in [0.2, 0.25) is 0 Å². The molecule has 88 valence electrons. The van der Waals surface area contributed by atoms with Crippen molar-refractivity contribution in [3.05, 3.63) is 52.5 Å². The molecule has 2 aromatic carbocycles. The van der Waals surface area contributed by atoms with E-state index in [-0.39, 0.29) is 11.8 Å². The van der Waals surface area contributed by atoms with Gasteiger partial charge in [0.1, 0.15) is 5.75 Å². The summed E-state index contributed by atoms with van der Waals surface area (Å²) in [6, 6.07) is 13.2. The first-order valence-corrected chi connectivity index (χ1v) is 6.21. The van der Waals surface area contributed by atoms with E-state index in [1.54, 1.807) is 12.1 Å². The number of halogens is 1.